The smallest absolute Gasteiger partial charge is 0.173 e. The Kier molecular flexibility index (Phi) is 4.60. The second kappa shape index (κ2) is 6.24. The fourth-order valence-electron chi connectivity index (χ4n) is 1.94. The van der Waals surface area contributed by atoms with Gasteiger partial charge in [-0.25, -0.2) is 0 Å². The molecule has 110 valence electrons. The Morgan fingerprint density at radius 1 is 1.14 bits per heavy atom. The molecule has 4 nitrogen and oxygen atoms in total. The fourth-order valence-corrected chi connectivity index (χ4v) is 2.21. The van der Waals surface area contributed by atoms with Gasteiger partial charge >= 0.3 is 0 Å². The Morgan fingerprint density at radius 2 is 1.76 bits per heavy atom. The molecule has 2 aromatic rings. The number of aryl methyl sites for hydroxylation is 2. The molecule has 0 heterocycles. The van der Waals surface area contributed by atoms with E-state index in [4.69, 9.17) is 38.9 Å². The standard InChI is InChI=1S/C15H14Cl2N2O2/c1-8-5-11(6-9(2)14(8)17)21-13-7-10(16)3-4-12(13)15(18)19-20/h3-7,20H,1-2H3,(H2,18,19). The van der Waals surface area contributed by atoms with Crippen LogP contribution in [0, 0.1) is 13.8 Å². The van der Waals surface area contributed by atoms with Crippen LogP contribution in [-0.4, -0.2) is 11.0 Å². The Balaban J connectivity index is 2.46. The molecule has 0 saturated carbocycles. The summed E-state index contributed by atoms with van der Waals surface area (Å²) in [6.07, 6.45) is 0. The zero-order chi connectivity index (χ0) is 15.6. The van der Waals surface area contributed by atoms with Crippen molar-refractivity contribution in [2.24, 2.45) is 10.9 Å². The summed E-state index contributed by atoms with van der Waals surface area (Å²) in [4.78, 5) is 0. The molecular formula is C15H14Cl2N2O2. The first kappa shape index (κ1) is 15.5. The van der Waals surface area contributed by atoms with Gasteiger partial charge in [-0.05, 0) is 49.2 Å². The van der Waals surface area contributed by atoms with E-state index in [9.17, 15) is 0 Å². The van der Waals surface area contributed by atoms with Gasteiger partial charge in [0.1, 0.15) is 11.5 Å². The molecule has 0 aliphatic heterocycles. The molecule has 0 aliphatic rings. The van der Waals surface area contributed by atoms with Gasteiger partial charge in [-0.15, -0.1) is 0 Å². The van der Waals surface area contributed by atoms with Crippen LogP contribution in [0.3, 0.4) is 0 Å². The molecule has 0 radical (unpaired) electrons. The van der Waals surface area contributed by atoms with Crippen molar-refractivity contribution in [2.75, 3.05) is 0 Å². The van der Waals surface area contributed by atoms with Crippen molar-refractivity contribution in [3.63, 3.8) is 0 Å². The average Bonchev–Trinajstić information content (AvgIpc) is 2.44. The number of benzene rings is 2. The van der Waals surface area contributed by atoms with Gasteiger partial charge in [0.15, 0.2) is 5.84 Å². The Bertz CT molecular complexity index is 692. The number of nitrogens with two attached hydrogens (primary N) is 1. The van der Waals surface area contributed by atoms with E-state index >= 15 is 0 Å². The number of ether oxygens (including phenoxy) is 1. The van der Waals surface area contributed by atoms with Crippen LogP contribution in [0.15, 0.2) is 35.5 Å². The summed E-state index contributed by atoms with van der Waals surface area (Å²) < 4.78 is 5.81. The van der Waals surface area contributed by atoms with Gasteiger partial charge in [0.2, 0.25) is 0 Å². The topological polar surface area (TPSA) is 67.8 Å². The van der Waals surface area contributed by atoms with Gasteiger partial charge in [0, 0.05) is 16.1 Å². The third-order valence-corrected chi connectivity index (χ3v) is 3.80. The molecule has 21 heavy (non-hydrogen) atoms. The van der Waals surface area contributed by atoms with Crippen LogP contribution in [-0.2, 0) is 0 Å². The number of nitrogens with zero attached hydrogens (tertiary/aromatic N) is 1. The molecule has 0 aliphatic carbocycles. The first-order valence-electron chi connectivity index (χ1n) is 6.14. The number of hydrogen-bond donors (Lipinski definition) is 2. The Labute approximate surface area is 132 Å². The molecule has 2 aromatic carbocycles. The van der Waals surface area contributed by atoms with Gasteiger partial charge in [-0.3, -0.25) is 0 Å². The normalized spacial score (nSPS) is 11.5. The van der Waals surface area contributed by atoms with Gasteiger partial charge < -0.3 is 15.7 Å². The summed E-state index contributed by atoms with van der Waals surface area (Å²) >= 11 is 12.1. The van der Waals surface area contributed by atoms with Crippen LogP contribution in [0.5, 0.6) is 11.5 Å². The zero-order valence-electron chi connectivity index (χ0n) is 11.5. The quantitative estimate of drug-likeness (QED) is 0.378. The van der Waals surface area contributed by atoms with E-state index in [-0.39, 0.29) is 5.84 Å². The molecule has 6 heteroatoms. The molecule has 0 amide bonds. The lowest BCUT2D eigenvalue weighted by Gasteiger charge is -2.13. The molecule has 0 spiro atoms. The Morgan fingerprint density at radius 3 is 2.33 bits per heavy atom. The number of amidine groups is 1. The second-order valence-electron chi connectivity index (χ2n) is 4.60. The summed E-state index contributed by atoms with van der Waals surface area (Å²) in [5.74, 6) is 0.951. The van der Waals surface area contributed by atoms with E-state index in [2.05, 4.69) is 5.16 Å². The van der Waals surface area contributed by atoms with Crippen LogP contribution >= 0.6 is 23.2 Å². The van der Waals surface area contributed by atoms with Crippen molar-refractivity contribution in [1.82, 2.24) is 0 Å². The van der Waals surface area contributed by atoms with Crippen LogP contribution in [0.25, 0.3) is 0 Å². The summed E-state index contributed by atoms with van der Waals surface area (Å²) in [5.41, 5.74) is 7.89. The van der Waals surface area contributed by atoms with E-state index in [0.717, 1.165) is 11.1 Å². The molecule has 0 bridgehead atoms. The molecule has 0 atom stereocenters. The lowest BCUT2D eigenvalue weighted by atomic mass is 10.1. The predicted molar refractivity (Wildman–Crippen MR) is 85.0 cm³/mol. The van der Waals surface area contributed by atoms with Crippen LogP contribution in [0.4, 0.5) is 0 Å². The van der Waals surface area contributed by atoms with Crippen LogP contribution in [0.1, 0.15) is 16.7 Å². The molecule has 3 N–H and O–H groups in total. The van der Waals surface area contributed by atoms with E-state index < -0.39 is 0 Å². The first-order chi connectivity index (χ1) is 9.92. The zero-order valence-corrected chi connectivity index (χ0v) is 13.0. The van der Waals surface area contributed by atoms with Gasteiger partial charge in [0.05, 0.1) is 5.56 Å². The van der Waals surface area contributed by atoms with E-state index in [0.29, 0.717) is 27.1 Å². The molecule has 0 aromatic heterocycles. The van der Waals surface area contributed by atoms with Crippen molar-refractivity contribution in [2.45, 2.75) is 13.8 Å². The SMILES string of the molecule is Cc1cc(Oc2cc(Cl)ccc2C(N)=NO)cc(C)c1Cl. The van der Waals surface area contributed by atoms with Crippen molar-refractivity contribution in [3.05, 3.63) is 57.1 Å². The molecule has 0 unspecified atom stereocenters. The first-order valence-corrected chi connectivity index (χ1v) is 6.90. The second-order valence-corrected chi connectivity index (χ2v) is 5.41. The van der Waals surface area contributed by atoms with Crippen LogP contribution < -0.4 is 10.5 Å². The highest BCUT2D eigenvalue weighted by molar-refractivity contribution is 6.32. The molecule has 2 rings (SSSR count). The summed E-state index contributed by atoms with van der Waals surface area (Å²) in [7, 11) is 0. The maximum atomic E-state index is 8.83. The van der Waals surface area contributed by atoms with Gasteiger partial charge in [-0.1, -0.05) is 28.4 Å². The van der Waals surface area contributed by atoms with Crippen LogP contribution in [0.2, 0.25) is 10.0 Å². The molecule has 0 fully saturated rings. The lowest BCUT2D eigenvalue weighted by molar-refractivity contribution is 0.318. The Hall–Kier alpha value is -1.91. The maximum Gasteiger partial charge on any atom is 0.173 e. The molecular weight excluding hydrogens is 311 g/mol. The third kappa shape index (κ3) is 3.40. The van der Waals surface area contributed by atoms with Crippen molar-refractivity contribution >= 4 is 29.0 Å². The van der Waals surface area contributed by atoms with E-state index in [1.807, 2.05) is 26.0 Å². The van der Waals surface area contributed by atoms with Crippen molar-refractivity contribution < 1.29 is 9.94 Å². The number of halogens is 2. The fraction of sp³-hybridized carbons (Fsp3) is 0.133. The summed E-state index contributed by atoms with van der Waals surface area (Å²) in [5, 5.41) is 13.0. The third-order valence-electron chi connectivity index (χ3n) is 2.97. The minimum absolute atomic E-state index is 0.0518. The van der Waals surface area contributed by atoms with E-state index in [1.165, 1.54) is 0 Å². The highest BCUT2D eigenvalue weighted by atomic mass is 35.5. The summed E-state index contributed by atoms with van der Waals surface area (Å²) in [6, 6.07) is 8.50. The highest BCUT2D eigenvalue weighted by Crippen LogP contribution is 2.32. The lowest BCUT2D eigenvalue weighted by Crippen LogP contribution is -2.14. The number of oxime groups is 1. The highest BCUT2D eigenvalue weighted by Gasteiger charge is 2.12. The van der Waals surface area contributed by atoms with Gasteiger partial charge in [0.25, 0.3) is 0 Å². The summed E-state index contributed by atoms with van der Waals surface area (Å²) in [6.45, 7) is 3.79. The largest absolute Gasteiger partial charge is 0.457 e. The number of rotatable bonds is 3. The predicted octanol–water partition coefficient (Wildman–Crippen LogP) is 4.50. The minimum atomic E-state index is -0.0518. The molecule has 0 saturated heterocycles. The van der Waals surface area contributed by atoms with Gasteiger partial charge in [-0.2, -0.15) is 0 Å². The van der Waals surface area contributed by atoms with Crippen molar-refractivity contribution in [3.8, 4) is 11.5 Å². The number of hydrogen-bond acceptors (Lipinski definition) is 3. The monoisotopic (exact) mass is 324 g/mol. The maximum absolute atomic E-state index is 8.83. The average molecular weight is 325 g/mol. The van der Waals surface area contributed by atoms with E-state index in [1.54, 1.807) is 18.2 Å². The minimum Gasteiger partial charge on any atom is -0.457 e. The van der Waals surface area contributed by atoms with Crippen molar-refractivity contribution in [1.29, 1.82) is 0 Å².